The summed E-state index contributed by atoms with van der Waals surface area (Å²) in [6, 6.07) is 8.95. The zero-order valence-corrected chi connectivity index (χ0v) is 14.2. The number of hydrogen-bond acceptors (Lipinski definition) is 6. The number of thioether (sulfide) groups is 1. The van der Waals surface area contributed by atoms with E-state index in [-0.39, 0.29) is 42.0 Å². The number of hydrogen-bond donors (Lipinski definition) is 1. The van der Waals surface area contributed by atoms with Gasteiger partial charge in [-0.1, -0.05) is 42.1 Å². The van der Waals surface area contributed by atoms with Gasteiger partial charge in [-0.2, -0.15) is 0 Å². The predicted molar refractivity (Wildman–Crippen MR) is 89.7 cm³/mol. The number of nitrogens with zero attached hydrogens (tertiary/aromatic N) is 2. The average molecular weight is 363 g/mol. The third-order valence-corrected chi connectivity index (χ3v) is 4.80. The van der Waals surface area contributed by atoms with Gasteiger partial charge in [-0.15, -0.1) is 0 Å². The van der Waals surface area contributed by atoms with E-state index in [0.29, 0.717) is 13.1 Å². The van der Waals surface area contributed by atoms with Gasteiger partial charge in [0.25, 0.3) is 5.24 Å². The monoisotopic (exact) mass is 363 g/mol. The Kier molecular flexibility index (Phi) is 5.22. The van der Waals surface area contributed by atoms with E-state index in [1.807, 2.05) is 30.3 Å². The van der Waals surface area contributed by atoms with Crippen molar-refractivity contribution in [1.29, 1.82) is 0 Å². The molecule has 1 N–H and O–H groups in total. The highest BCUT2D eigenvalue weighted by Gasteiger charge is 2.43. The van der Waals surface area contributed by atoms with Crippen LogP contribution in [-0.4, -0.2) is 64.4 Å². The van der Waals surface area contributed by atoms with Crippen molar-refractivity contribution in [2.75, 3.05) is 25.4 Å². The van der Waals surface area contributed by atoms with Crippen molar-refractivity contribution in [1.82, 2.24) is 15.1 Å². The molecule has 2 aliphatic heterocycles. The Balaban J connectivity index is 1.35. The van der Waals surface area contributed by atoms with Gasteiger partial charge in [0, 0.05) is 13.1 Å². The molecule has 2 saturated heterocycles. The van der Waals surface area contributed by atoms with E-state index >= 15 is 0 Å². The number of ether oxygens (including phenoxy) is 1. The SMILES string of the molecule is O=C(NCC(=O)N1CC(N2C(=O)CSC2=O)C1)OCc1ccccc1. The van der Waals surface area contributed by atoms with Crippen LogP contribution >= 0.6 is 11.8 Å². The van der Waals surface area contributed by atoms with E-state index in [0.717, 1.165) is 17.3 Å². The molecule has 1 aromatic carbocycles. The van der Waals surface area contributed by atoms with Crippen LogP contribution in [0.1, 0.15) is 5.56 Å². The van der Waals surface area contributed by atoms with Gasteiger partial charge in [-0.25, -0.2) is 4.79 Å². The molecule has 2 fully saturated rings. The highest BCUT2D eigenvalue weighted by atomic mass is 32.2. The standard InChI is InChI=1S/C16H17N3O5S/c20-13(6-17-15(22)24-9-11-4-2-1-3-5-11)18-7-12(8-18)19-14(21)10-25-16(19)23/h1-5,12H,6-10H2,(H,17,22). The van der Waals surface area contributed by atoms with Crippen molar-refractivity contribution < 1.29 is 23.9 Å². The quantitative estimate of drug-likeness (QED) is 0.832. The predicted octanol–water partition coefficient (Wildman–Crippen LogP) is 0.819. The molecule has 2 heterocycles. The van der Waals surface area contributed by atoms with Crippen LogP contribution in [0.5, 0.6) is 0 Å². The molecule has 25 heavy (non-hydrogen) atoms. The van der Waals surface area contributed by atoms with Crippen LogP contribution in [-0.2, 0) is 20.9 Å². The fraction of sp³-hybridized carbons (Fsp3) is 0.375. The maximum absolute atomic E-state index is 12.0. The maximum Gasteiger partial charge on any atom is 0.407 e. The fourth-order valence-corrected chi connectivity index (χ4v) is 3.35. The second-order valence-electron chi connectivity index (χ2n) is 5.69. The van der Waals surface area contributed by atoms with Gasteiger partial charge in [-0.3, -0.25) is 19.3 Å². The smallest absolute Gasteiger partial charge is 0.407 e. The van der Waals surface area contributed by atoms with Gasteiger partial charge in [-0.05, 0) is 5.56 Å². The molecule has 0 radical (unpaired) electrons. The first kappa shape index (κ1) is 17.3. The van der Waals surface area contributed by atoms with Gasteiger partial charge in [0.05, 0.1) is 11.8 Å². The van der Waals surface area contributed by atoms with Gasteiger partial charge in [0.1, 0.15) is 13.2 Å². The van der Waals surface area contributed by atoms with E-state index in [2.05, 4.69) is 5.32 Å². The third-order valence-electron chi connectivity index (χ3n) is 3.96. The van der Waals surface area contributed by atoms with Gasteiger partial charge < -0.3 is 15.0 Å². The van der Waals surface area contributed by atoms with Crippen LogP contribution < -0.4 is 5.32 Å². The zero-order valence-electron chi connectivity index (χ0n) is 13.3. The molecule has 1 aromatic rings. The first-order valence-corrected chi connectivity index (χ1v) is 8.74. The highest BCUT2D eigenvalue weighted by Crippen LogP contribution is 2.25. The average Bonchev–Trinajstić information content (AvgIpc) is 2.90. The molecular weight excluding hydrogens is 346 g/mol. The zero-order chi connectivity index (χ0) is 17.8. The molecule has 0 aromatic heterocycles. The Bertz CT molecular complexity index is 674. The normalized spacial score (nSPS) is 17.4. The molecule has 9 heteroatoms. The number of carbonyl (C=O) groups is 4. The molecule has 0 bridgehead atoms. The highest BCUT2D eigenvalue weighted by molar-refractivity contribution is 8.14. The Hall–Kier alpha value is -2.55. The summed E-state index contributed by atoms with van der Waals surface area (Å²) < 4.78 is 5.02. The molecule has 0 saturated carbocycles. The number of alkyl carbamates (subject to hydrolysis) is 1. The lowest BCUT2D eigenvalue weighted by atomic mass is 10.1. The van der Waals surface area contributed by atoms with Crippen molar-refractivity contribution in [3.05, 3.63) is 35.9 Å². The Morgan fingerprint density at radius 1 is 1.20 bits per heavy atom. The largest absolute Gasteiger partial charge is 0.445 e. The van der Waals surface area contributed by atoms with E-state index in [4.69, 9.17) is 4.74 Å². The Labute approximate surface area is 148 Å². The minimum Gasteiger partial charge on any atom is -0.445 e. The number of rotatable bonds is 5. The summed E-state index contributed by atoms with van der Waals surface area (Å²) >= 11 is 0.979. The number of carbonyl (C=O) groups excluding carboxylic acids is 4. The lowest BCUT2D eigenvalue weighted by Gasteiger charge is -2.42. The summed E-state index contributed by atoms with van der Waals surface area (Å²) in [7, 11) is 0. The van der Waals surface area contributed by atoms with Crippen molar-refractivity contribution in [2.24, 2.45) is 0 Å². The first-order chi connectivity index (χ1) is 12.0. The summed E-state index contributed by atoms with van der Waals surface area (Å²) in [6.07, 6.45) is -0.671. The number of likely N-dealkylation sites (tertiary alicyclic amines) is 1. The maximum atomic E-state index is 12.0. The first-order valence-electron chi connectivity index (χ1n) is 7.75. The third kappa shape index (κ3) is 4.11. The van der Waals surface area contributed by atoms with Crippen molar-refractivity contribution in [2.45, 2.75) is 12.6 Å². The lowest BCUT2D eigenvalue weighted by Crippen LogP contribution is -2.63. The van der Waals surface area contributed by atoms with Gasteiger partial charge in [0.15, 0.2) is 0 Å². The fourth-order valence-electron chi connectivity index (χ4n) is 2.57. The van der Waals surface area contributed by atoms with Crippen LogP contribution in [0.25, 0.3) is 0 Å². The van der Waals surface area contributed by atoms with Crippen LogP contribution in [0.2, 0.25) is 0 Å². The number of nitrogens with one attached hydrogen (secondary N) is 1. The van der Waals surface area contributed by atoms with Crippen molar-refractivity contribution >= 4 is 34.9 Å². The molecule has 0 unspecified atom stereocenters. The molecule has 3 rings (SSSR count). The van der Waals surface area contributed by atoms with Crippen LogP contribution in [0.3, 0.4) is 0 Å². The topological polar surface area (TPSA) is 96.0 Å². The van der Waals surface area contributed by atoms with E-state index in [1.54, 1.807) is 0 Å². The molecule has 132 valence electrons. The number of benzene rings is 1. The summed E-state index contributed by atoms with van der Waals surface area (Å²) in [5.41, 5.74) is 0.854. The molecule has 0 spiro atoms. The molecule has 8 nitrogen and oxygen atoms in total. The van der Waals surface area contributed by atoms with Crippen LogP contribution in [0, 0.1) is 0 Å². The minimum atomic E-state index is -0.671. The van der Waals surface area contributed by atoms with Crippen molar-refractivity contribution in [3.63, 3.8) is 0 Å². The number of amides is 4. The van der Waals surface area contributed by atoms with E-state index in [1.165, 1.54) is 9.80 Å². The summed E-state index contributed by atoms with van der Waals surface area (Å²) in [4.78, 5) is 49.5. The van der Waals surface area contributed by atoms with Gasteiger partial charge in [0.2, 0.25) is 11.8 Å². The summed E-state index contributed by atoms with van der Waals surface area (Å²) in [5.74, 6) is -0.327. The summed E-state index contributed by atoms with van der Waals surface area (Å²) in [5, 5.41) is 2.14. The molecule has 0 aliphatic carbocycles. The Morgan fingerprint density at radius 3 is 2.56 bits per heavy atom. The lowest BCUT2D eigenvalue weighted by molar-refractivity contribution is -0.141. The van der Waals surface area contributed by atoms with Crippen LogP contribution in [0.15, 0.2) is 30.3 Å². The summed E-state index contributed by atoms with van der Waals surface area (Å²) in [6.45, 7) is 0.551. The van der Waals surface area contributed by atoms with Crippen molar-refractivity contribution in [3.8, 4) is 0 Å². The second-order valence-corrected chi connectivity index (χ2v) is 6.61. The number of imide groups is 1. The second kappa shape index (κ2) is 7.56. The molecular formula is C16H17N3O5S. The Morgan fingerprint density at radius 2 is 1.92 bits per heavy atom. The molecule has 4 amide bonds. The van der Waals surface area contributed by atoms with E-state index in [9.17, 15) is 19.2 Å². The van der Waals surface area contributed by atoms with Crippen LogP contribution in [0.4, 0.5) is 9.59 Å². The molecule has 0 atom stereocenters. The molecule has 2 aliphatic rings. The minimum absolute atomic E-state index is 0.128. The van der Waals surface area contributed by atoms with Gasteiger partial charge >= 0.3 is 6.09 Å². The van der Waals surface area contributed by atoms with E-state index < -0.39 is 6.09 Å².